The van der Waals surface area contributed by atoms with Gasteiger partial charge in [0.2, 0.25) is 0 Å². The van der Waals surface area contributed by atoms with Crippen LogP contribution < -0.4 is 0 Å². The summed E-state index contributed by atoms with van der Waals surface area (Å²) in [5.41, 5.74) is 0.936. The first-order chi connectivity index (χ1) is 9.25. The first-order valence-corrected chi connectivity index (χ1v) is 7.25. The maximum absolute atomic E-state index is 10.4. The van der Waals surface area contributed by atoms with Crippen molar-refractivity contribution in [3.8, 4) is 5.75 Å². The predicted molar refractivity (Wildman–Crippen MR) is 79.8 cm³/mol. The summed E-state index contributed by atoms with van der Waals surface area (Å²) in [6.45, 7) is 3.02. The number of nitrogens with zero attached hydrogens (tertiary/aromatic N) is 1. The zero-order valence-electron chi connectivity index (χ0n) is 10.9. The van der Waals surface area contributed by atoms with Gasteiger partial charge in [0.15, 0.2) is 0 Å². The third-order valence-corrected chi connectivity index (χ3v) is 4.20. The molecule has 0 aromatic heterocycles. The van der Waals surface area contributed by atoms with E-state index in [0.29, 0.717) is 5.75 Å². The number of rotatable bonds is 2. The molecule has 0 atom stereocenters. The molecule has 0 saturated carbocycles. The lowest BCUT2D eigenvalue weighted by Crippen LogP contribution is -2.29. The molecule has 2 nitrogen and oxygen atoms in total. The van der Waals surface area contributed by atoms with Gasteiger partial charge >= 0.3 is 0 Å². The smallest absolute Gasteiger partial charge is 0.127 e. The van der Waals surface area contributed by atoms with Crippen molar-refractivity contribution < 1.29 is 5.11 Å². The maximum Gasteiger partial charge on any atom is 0.127 e. The van der Waals surface area contributed by atoms with E-state index in [2.05, 4.69) is 4.90 Å². The molecule has 2 aromatic carbocycles. The Hall–Kier alpha value is -1.25. The maximum atomic E-state index is 10.4. The summed E-state index contributed by atoms with van der Waals surface area (Å²) in [4.78, 5) is 2.39. The fraction of sp³-hybridized carbons (Fsp3) is 0.375. The summed E-state index contributed by atoms with van der Waals surface area (Å²) in [5.74, 6) is 0.380. The summed E-state index contributed by atoms with van der Waals surface area (Å²) >= 11 is 6.32. The van der Waals surface area contributed by atoms with Crippen molar-refractivity contribution in [3.63, 3.8) is 0 Å². The Morgan fingerprint density at radius 2 is 1.74 bits per heavy atom. The Balaban J connectivity index is 1.97. The summed E-state index contributed by atoms with van der Waals surface area (Å²) < 4.78 is 0. The van der Waals surface area contributed by atoms with E-state index in [4.69, 9.17) is 11.6 Å². The third-order valence-electron chi connectivity index (χ3n) is 3.89. The Bertz CT molecular complexity index is 591. The topological polar surface area (TPSA) is 23.5 Å². The van der Waals surface area contributed by atoms with Crippen molar-refractivity contribution in [2.24, 2.45) is 0 Å². The van der Waals surface area contributed by atoms with Crippen LogP contribution in [0.25, 0.3) is 10.8 Å². The van der Waals surface area contributed by atoms with Crippen LogP contribution in [0.2, 0.25) is 5.02 Å². The van der Waals surface area contributed by atoms with Crippen molar-refractivity contribution >= 4 is 22.4 Å². The highest BCUT2D eigenvalue weighted by Crippen LogP contribution is 2.35. The number of hydrogen-bond acceptors (Lipinski definition) is 2. The predicted octanol–water partition coefficient (Wildman–Crippen LogP) is 4.18. The van der Waals surface area contributed by atoms with Crippen LogP contribution in [0.1, 0.15) is 24.8 Å². The number of hydrogen-bond donors (Lipinski definition) is 1. The molecule has 1 aliphatic heterocycles. The summed E-state index contributed by atoms with van der Waals surface area (Å²) in [6.07, 6.45) is 3.82. The molecule has 100 valence electrons. The number of piperidine rings is 1. The van der Waals surface area contributed by atoms with Gasteiger partial charge in [-0.15, -0.1) is 0 Å². The minimum atomic E-state index is 0.380. The number of fused-ring (bicyclic) bond motifs is 1. The molecule has 0 radical (unpaired) electrons. The molecular formula is C16H18ClNO. The number of phenols is 1. The van der Waals surface area contributed by atoms with Gasteiger partial charge in [-0.3, -0.25) is 4.90 Å². The van der Waals surface area contributed by atoms with Crippen molar-refractivity contribution in [2.45, 2.75) is 25.8 Å². The van der Waals surface area contributed by atoms with Crippen LogP contribution in [0, 0.1) is 0 Å². The minimum Gasteiger partial charge on any atom is -0.507 e. The van der Waals surface area contributed by atoms with Gasteiger partial charge in [-0.05, 0) is 32.0 Å². The second-order valence-electron chi connectivity index (χ2n) is 5.25. The lowest BCUT2D eigenvalue weighted by Gasteiger charge is -2.27. The molecule has 0 amide bonds. The van der Waals surface area contributed by atoms with Gasteiger partial charge in [0.25, 0.3) is 0 Å². The molecule has 1 heterocycles. The quantitative estimate of drug-likeness (QED) is 0.889. The number of benzene rings is 2. The van der Waals surface area contributed by atoms with E-state index >= 15 is 0 Å². The molecule has 0 aliphatic carbocycles. The van der Waals surface area contributed by atoms with Gasteiger partial charge in [-0.25, -0.2) is 0 Å². The van der Waals surface area contributed by atoms with Crippen molar-refractivity contribution in [1.82, 2.24) is 4.90 Å². The van der Waals surface area contributed by atoms with E-state index in [1.807, 2.05) is 30.3 Å². The number of aromatic hydroxyl groups is 1. The number of halogens is 1. The molecule has 0 spiro atoms. The van der Waals surface area contributed by atoms with Gasteiger partial charge in [0, 0.05) is 27.9 Å². The van der Waals surface area contributed by atoms with Crippen LogP contribution in [0.3, 0.4) is 0 Å². The van der Waals surface area contributed by atoms with Gasteiger partial charge in [0.05, 0.1) is 0 Å². The summed E-state index contributed by atoms with van der Waals surface area (Å²) in [5, 5.41) is 12.9. The molecule has 2 aromatic rings. The van der Waals surface area contributed by atoms with Gasteiger partial charge in [-0.2, -0.15) is 0 Å². The summed E-state index contributed by atoms with van der Waals surface area (Å²) in [6, 6.07) is 9.66. The second kappa shape index (κ2) is 5.40. The van der Waals surface area contributed by atoms with Crippen molar-refractivity contribution in [1.29, 1.82) is 0 Å². The molecule has 1 N–H and O–H groups in total. The Morgan fingerprint density at radius 1 is 1.05 bits per heavy atom. The van der Waals surface area contributed by atoms with E-state index in [1.165, 1.54) is 19.3 Å². The second-order valence-corrected chi connectivity index (χ2v) is 5.66. The number of phenolic OH excluding ortho intramolecular Hbond substituents is 1. The monoisotopic (exact) mass is 275 g/mol. The molecule has 19 heavy (non-hydrogen) atoms. The molecule has 1 saturated heterocycles. The number of likely N-dealkylation sites (tertiary alicyclic amines) is 1. The molecule has 0 unspecified atom stereocenters. The van der Waals surface area contributed by atoms with Crippen molar-refractivity contribution in [3.05, 3.63) is 40.9 Å². The standard InChI is InChI=1S/C16H18ClNO/c17-15-10-12(11-18-8-4-1-5-9-18)16(19)14-7-3-2-6-13(14)15/h2-3,6-7,10,19H,1,4-5,8-9,11H2. The zero-order valence-corrected chi connectivity index (χ0v) is 11.7. The van der Waals surface area contributed by atoms with Gasteiger partial charge in [-0.1, -0.05) is 42.3 Å². The lowest BCUT2D eigenvalue weighted by molar-refractivity contribution is 0.219. The third kappa shape index (κ3) is 2.56. The van der Waals surface area contributed by atoms with E-state index in [9.17, 15) is 5.11 Å². The van der Waals surface area contributed by atoms with Crippen molar-refractivity contribution in [2.75, 3.05) is 13.1 Å². The SMILES string of the molecule is Oc1c(CN2CCCCC2)cc(Cl)c2ccccc12. The van der Waals surface area contributed by atoms with E-state index in [0.717, 1.165) is 41.0 Å². The average Bonchev–Trinajstić information content (AvgIpc) is 2.46. The Morgan fingerprint density at radius 3 is 2.47 bits per heavy atom. The highest BCUT2D eigenvalue weighted by atomic mass is 35.5. The fourth-order valence-electron chi connectivity index (χ4n) is 2.85. The zero-order chi connectivity index (χ0) is 13.2. The first kappa shape index (κ1) is 12.8. The molecule has 3 heteroatoms. The Kier molecular flexibility index (Phi) is 3.63. The van der Waals surface area contributed by atoms with Gasteiger partial charge < -0.3 is 5.11 Å². The Labute approximate surface area is 118 Å². The largest absolute Gasteiger partial charge is 0.507 e. The van der Waals surface area contributed by atoms with Crippen LogP contribution in [-0.2, 0) is 6.54 Å². The fourth-order valence-corrected chi connectivity index (χ4v) is 3.15. The molecule has 0 bridgehead atoms. The molecule has 1 fully saturated rings. The lowest BCUT2D eigenvalue weighted by atomic mass is 10.0. The van der Waals surface area contributed by atoms with Crippen LogP contribution in [0.4, 0.5) is 0 Å². The van der Waals surface area contributed by atoms with Crippen LogP contribution >= 0.6 is 11.6 Å². The van der Waals surface area contributed by atoms with Crippen LogP contribution in [0.5, 0.6) is 5.75 Å². The molecular weight excluding hydrogens is 258 g/mol. The van der Waals surface area contributed by atoms with E-state index < -0.39 is 0 Å². The van der Waals surface area contributed by atoms with Crippen LogP contribution in [-0.4, -0.2) is 23.1 Å². The normalized spacial score (nSPS) is 16.9. The van der Waals surface area contributed by atoms with Crippen LogP contribution in [0.15, 0.2) is 30.3 Å². The molecule has 1 aliphatic rings. The molecule has 3 rings (SSSR count). The van der Waals surface area contributed by atoms with E-state index in [1.54, 1.807) is 0 Å². The van der Waals surface area contributed by atoms with E-state index in [-0.39, 0.29) is 0 Å². The average molecular weight is 276 g/mol. The summed E-state index contributed by atoms with van der Waals surface area (Å²) in [7, 11) is 0. The first-order valence-electron chi connectivity index (χ1n) is 6.87. The minimum absolute atomic E-state index is 0.380. The highest BCUT2D eigenvalue weighted by molar-refractivity contribution is 6.35. The highest BCUT2D eigenvalue weighted by Gasteiger charge is 2.15. The van der Waals surface area contributed by atoms with Gasteiger partial charge in [0.1, 0.15) is 5.75 Å².